The molecule has 164 valence electrons. The summed E-state index contributed by atoms with van der Waals surface area (Å²) in [5.41, 5.74) is 1.26. The van der Waals surface area contributed by atoms with E-state index in [0.29, 0.717) is 35.8 Å². The first-order chi connectivity index (χ1) is 14.3. The molecule has 3 N–H and O–H groups in total. The van der Waals surface area contributed by atoms with E-state index in [1.54, 1.807) is 37.4 Å². The number of phenols is 1. The van der Waals surface area contributed by atoms with Gasteiger partial charge in [-0.05, 0) is 56.9 Å². The van der Waals surface area contributed by atoms with Gasteiger partial charge in [0.05, 0.1) is 13.2 Å². The fourth-order valence-electron chi connectivity index (χ4n) is 2.93. The molecule has 0 saturated heterocycles. The monoisotopic (exact) mass is 416 g/mol. The van der Waals surface area contributed by atoms with Crippen molar-refractivity contribution in [3.63, 3.8) is 0 Å². The molecule has 7 nitrogen and oxygen atoms in total. The Labute approximate surface area is 178 Å². The summed E-state index contributed by atoms with van der Waals surface area (Å²) in [5.74, 6) is 1.28. The minimum atomic E-state index is -0.737. The molecule has 0 bridgehead atoms. The van der Waals surface area contributed by atoms with Gasteiger partial charge in [-0.2, -0.15) is 0 Å². The lowest BCUT2D eigenvalue weighted by Gasteiger charge is -2.20. The standard InChI is InChI=1S/C23H32N2O5/c1-16(23(28)17-5-8-19(26)9-6-17)24-12-11-20(27)18-7-10-21(22(15-18)29-4)30-14-13-25(2)3/h5-10,15-16,23-24,26,28H,11-14H2,1-4H3. The summed E-state index contributed by atoms with van der Waals surface area (Å²) in [6.45, 7) is 3.59. The van der Waals surface area contributed by atoms with Crippen molar-refractivity contribution in [2.24, 2.45) is 0 Å². The Kier molecular flexibility index (Phi) is 9.11. The number of aromatic hydroxyl groups is 1. The van der Waals surface area contributed by atoms with E-state index in [1.165, 1.54) is 12.1 Å². The quantitative estimate of drug-likeness (QED) is 0.458. The number of hydrogen-bond acceptors (Lipinski definition) is 7. The zero-order valence-corrected chi connectivity index (χ0v) is 18.1. The SMILES string of the molecule is COc1cc(C(=O)CCNC(C)C(O)c2ccc(O)cc2)ccc1OCCN(C)C. The molecule has 2 aromatic carbocycles. The number of nitrogens with zero attached hydrogens (tertiary/aromatic N) is 1. The number of nitrogens with one attached hydrogen (secondary N) is 1. The molecule has 0 aliphatic carbocycles. The van der Waals surface area contributed by atoms with Crippen LogP contribution in [0.1, 0.15) is 35.4 Å². The van der Waals surface area contributed by atoms with Gasteiger partial charge in [0, 0.05) is 31.1 Å². The van der Waals surface area contributed by atoms with E-state index >= 15 is 0 Å². The zero-order chi connectivity index (χ0) is 22.1. The van der Waals surface area contributed by atoms with E-state index < -0.39 is 6.10 Å². The lowest BCUT2D eigenvalue weighted by Crippen LogP contribution is -2.33. The molecule has 0 aliphatic heterocycles. The maximum atomic E-state index is 12.6. The molecule has 2 unspecified atom stereocenters. The number of carbonyl (C=O) groups excluding carboxylic acids is 1. The zero-order valence-electron chi connectivity index (χ0n) is 18.1. The number of methoxy groups -OCH3 is 1. The first-order valence-corrected chi connectivity index (χ1v) is 10.0. The summed E-state index contributed by atoms with van der Waals surface area (Å²) in [6, 6.07) is 11.4. The third kappa shape index (κ3) is 7.02. The highest BCUT2D eigenvalue weighted by atomic mass is 16.5. The Hall–Kier alpha value is -2.61. The van der Waals surface area contributed by atoms with Gasteiger partial charge in [0.15, 0.2) is 17.3 Å². The summed E-state index contributed by atoms with van der Waals surface area (Å²) in [6.07, 6.45) is -0.448. The summed E-state index contributed by atoms with van der Waals surface area (Å²) < 4.78 is 11.1. The van der Waals surface area contributed by atoms with Gasteiger partial charge < -0.3 is 29.9 Å². The van der Waals surface area contributed by atoms with Crippen molar-refractivity contribution in [3.8, 4) is 17.2 Å². The van der Waals surface area contributed by atoms with Crippen LogP contribution in [0.5, 0.6) is 17.2 Å². The van der Waals surface area contributed by atoms with E-state index in [1.807, 2.05) is 25.9 Å². The first-order valence-electron chi connectivity index (χ1n) is 10.0. The van der Waals surface area contributed by atoms with E-state index in [-0.39, 0.29) is 24.0 Å². The van der Waals surface area contributed by atoms with Crippen LogP contribution in [0.15, 0.2) is 42.5 Å². The molecule has 7 heteroatoms. The number of carbonyl (C=O) groups is 1. The molecule has 0 amide bonds. The molecular formula is C23H32N2O5. The van der Waals surface area contributed by atoms with Gasteiger partial charge in [0.25, 0.3) is 0 Å². The highest BCUT2D eigenvalue weighted by Gasteiger charge is 2.17. The van der Waals surface area contributed by atoms with Crippen molar-refractivity contribution >= 4 is 5.78 Å². The van der Waals surface area contributed by atoms with Crippen molar-refractivity contribution in [1.82, 2.24) is 10.2 Å². The number of rotatable bonds is 12. The predicted octanol–water partition coefficient (Wildman–Crippen LogP) is 2.63. The van der Waals surface area contributed by atoms with Crippen LogP contribution in [0, 0.1) is 0 Å². The normalized spacial score (nSPS) is 13.1. The Balaban J connectivity index is 1.87. The molecule has 0 fully saturated rings. The predicted molar refractivity (Wildman–Crippen MR) is 117 cm³/mol. The van der Waals surface area contributed by atoms with Crippen LogP contribution >= 0.6 is 0 Å². The van der Waals surface area contributed by atoms with E-state index in [4.69, 9.17) is 9.47 Å². The Bertz CT molecular complexity index is 808. The minimum absolute atomic E-state index is 0.0213. The highest BCUT2D eigenvalue weighted by Crippen LogP contribution is 2.28. The number of Topliss-reactive ketones (excluding diaryl/α,β-unsaturated/α-hetero) is 1. The van der Waals surface area contributed by atoms with Crippen LogP contribution in [0.2, 0.25) is 0 Å². The number of ketones is 1. The average molecular weight is 417 g/mol. The van der Waals surface area contributed by atoms with Crippen LogP contribution in [-0.2, 0) is 0 Å². The average Bonchev–Trinajstić information content (AvgIpc) is 2.73. The second-order valence-electron chi connectivity index (χ2n) is 7.47. The van der Waals surface area contributed by atoms with Crippen molar-refractivity contribution in [3.05, 3.63) is 53.6 Å². The smallest absolute Gasteiger partial charge is 0.164 e. The number of aliphatic hydroxyl groups is 1. The third-order valence-electron chi connectivity index (χ3n) is 4.81. The molecule has 0 saturated carbocycles. The van der Waals surface area contributed by atoms with Crippen LogP contribution < -0.4 is 14.8 Å². The molecule has 2 atom stereocenters. The number of ether oxygens (including phenoxy) is 2. The second kappa shape index (κ2) is 11.5. The second-order valence-corrected chi connectivity index (χ2v) is 7.47. The van der Waals surface area contributed by atoms with Gasteiger partial charge in [-0.3, -0.25) is 4.79 Å². The number of hydrogen-bond donors (Lipinski definition) is 3. The summed E-state index contributed by atoms with van der Waals surface area (Å²) in [4.78, 5) is 14.6. The number of phenolic OH excluding ortho intramolecular Hbond substituents is 1. The first kappa shape index (κ1) is 23.7. The minimum Gasteiger partial charge on any atom is -0.508 e. The van der Waals surface area contributed by atoms with E-state index in [9.17, 15) is 15.0 Å². The topological polar surface area (TPSA) is 91.3 Å². The van der Waals surface area contributed by atoms with Crippen LogP contribution in [-0.4, -0.2) is 67.8 Å². The van der Waals surface area contributed by atoms with Crippen LogP contribution in [0.3, 0.4) is 0 Å². The number of aliphatic hydroxyl groups excluding tert-OH is 1. The fourth-order valence-corrected chi connectivity index (χ4v) is 2.93. The Morgan fingerprint density at radius 1 is 1.13 bits per heavy atom. The molecule has 0 radical (unpaired) electrons. The molecule has 0 spiro atoms. The lowest BCUT2D eigenvalue weighted by molar-refractivity contribution is 0.0971. The molecule has 2 aromatic rings. The van der Waals surface area contributed by atoms with E-state index in [2.05, 4.69) is 5.32 Å². The lowest BCUT2D eigenvalue weighted by atomic mass is 10.0. The van der Waals surface area contributed by atoms with Crippen molar-refractivity contribution in [2.45, 2.75) is 25.5 Å². The largest absolute Gasteiger partial charge is 0.508 e. The van der Waals surface area contributed by atoms with Crippen molar-refractivity contribution < 1.29 is 24.5 Å². The van der Waals surface area contributed by atoms with Gasteiger partial charge >= 0.3 is 0 Å². The van der Waals surface area contributed by atoms with Gasteiger partial charge in [0.2, 0.25) is 0 Å². The summed E-state index contributed by atoms with van der Waals surface area (Å²) >= 11 is 0. The van der Waals surface area contributed by atoms with Gasteiger partial charge in [-0.15, -0.1) is 0 Å². The van der Waals surface area contributed by atoms with E-state index in [0.717, 1.165) is 6.54 Å². The highest BCUT2D eigenvalue weighted by molar-refractivity contribution is 5.96. The Morgan fingerprint density at radius 3 is 2.47 bits per heavy atom. The number of likely N-dealkylation sites (N-methyl/N-ethyl adjacent to an activating group) is 1. The maximum absolute atomic E-state index is 12.6. The molecule has 0 aromatic heterocycles. The summed E-state index contributed by atoms with van der Waals surface area (Å²) in [5, 5.41) is 22.9. The fraction of sp³-hybridized carbons (Fsp3) is 0.435. The van der Waals surface area contributed by atoms with Gasteiger partial charge in [-0.25, -0.2) is 0 Å². The molecular weight excluding hydrogens is 384 g/mol. The van der Waals surface area contributed by atoms with Crippen molar-refractivity contribution in [1.29, 1.82) is 0 Å². The van der Waals surface area contributed by atoms with Crippen LogP contribution in [0.4, 0.5) is 0 Å². The van der Waals surface area contributed by atoms with Crippen molar-refractivity contribution in [2.75, 3.05) is 40.9 Å². The summed E-state index contributed by atoms with van der Waals surface area (Å²) in [7, 11) is 5.50. The van der Waals surface area contributed by atoms with Gasteiger partial charge in [-0.1, -0.05) is 12.1 Å². The number of benzene rings is 2. The van der Waals surface area contributed by atoms with Gasteiger partial charge in [0.1, 0.15) is 12.4 Å². The Morgan fingerprint density at radius 2 is 1.83 bits per heavy atom. The molecule has 2 rings (SSSR count). The third-order valence-corrected chi connectivity index (χ3v) is 4.81. The van der Waals surface area contributed by atoms with Crippen LogP contribution in [0.25, 0.3) is 0 Å². The molecule has 0 heterocycles. The molecule has 30 heavy (non-hydrogen) atoms. The molecule has 0 aliphatic rings. The maximum Gasteiger partial charge on any atom is 0.164 e.